The predicted molar refractivity (Wildman–Crippen MR) is 67.9 cm³/mol. The molecule has 3 rings (SSSR count). The minimum absolute atomic E-state index is 0.186. The Labute approximate surface area is 117 Å². The summed E-state index contributed by atoms with van der Waals surface area (Å²) in [6.45, 7) is 1.59. The molecule has 0 fully saturated rings. The highest BCUT2D eigenvalue weighted by molar-refractivity contribution is 6.70. The molecule has 1 aliphatic rings. The number of alkyl halides is 3. The quantitative estimate of drug-likeness (QED) is 0.729. The summed E-state index contributed by atoms with van der Waals surface area (Å²) in [5.41, 5.74) is 1.67. The number of aromatic nitrogens is 1. The zero-order valence-corrected chi connectivity index (χ0v) is 11.0. The molecule has 1 aromatic heterocycles. The molecule has 2 aromatic rings. The fourth-order valence-corrected chi connectivity index (χ4v) is 2.51. The van der Waals surface area contributed by atoms with Crippen LogP contribution in [-0.2, 0) is 0 Å². The Morgan fingerprint density at radius 3 is 2.50 bits per heavy atom. The van der Waals surface area contributed by atoms with Crippen LogP contribution in [0.3, 0.4) is 0 Å². The molecule has 0 saturated heterocycles. The maximum atomic E-state index is 13.2. The average Bonchev–Trinajstić information content (AvgIpc) is 2.69. The maximum absolute atomic E-state index is 13.2. The number of fused-ring (bicyclic) bond motifs is 3. The van der Waals surface area contributed by atoms with Gasteiger partial charge in [-0.05, 0) is 12.5 Å². The molecule has 0 N–H and O–H groups in total. The minimum Gasteiger partial charge on any atom is -0.358 e. The summed E-state index contributed by atoms with van der Waals surface area (Å²) in [7, 11) is 0. The van der Waals surface area contributed by atoms with E-state index in [1.165, 1.54) is 0 Å². The van der Waals surface area contributed by atoms with E-state index in [-0.39, 0.29) is 10.9 Å². The molecule has 0 saturated carbocycles. The lowest BCUT2D eigenvalue weighted by molar-refractivity contribution is -0.152. The van der Waals surface area contributed by atoms with Crippen LogP contribution in [0.4, 0.5) is 13.2 Å². The number of rotatable bonds is 0. The lowest BCUT2D eigenvalue weighted by Crippen LogP contribution is -2.19. The molecular formula is C13H8ClF3N2O. The highest BCUT2D eigenvalue weighted by atomic mass is 35.5. The van der Waals surface area contributed by atoms with Crippen molar-refractivity contribution < 1.29 is 17.7 Å². The third-order valence-corrected chi connectivity index (χ3v) is 3.41. The minimum atomic E-state index is -4.59. The van der Waals surface area contributed by atoms with Gasteiger partial charge in [0, 0.05) is 5.56 Å². The highest BCUT2D eigenvalue weighted by Crippen LogP contribution is 2.45. The van der Waals surface area contributed by atoms with Crippen LogP contribution in [-0.4, -0.2) is 16.5 Å². The van der Waals surface area contributed by atoms with Gasteiger partial charge in [0.05, 0.1) is 11.3 Å². The van der Waals surface area contributed by atoms with Crippen LogP contribution in [0.2, 0.25) is 0 Å². The molecule has 0 amide bonds. The summed E-state index contributed by atoms with van der Waals surface area (Å²) in [6.07, 6.45) is -4.59. The smallest absolute Gasteiger partial charge is 0.358 e. The third-order valence-electron chi connectivity index (χ3n) is 3.11. The number of aryl methyl sites for hydroxylation is 1. The van der Waals surface area contributed by atoms with Crippen LogP contribution in [0.15, 0.2) is 33.8 Å². The van der Waals surface area contributed by atoms with Gasteiger partial charge in [-0.1, -0.05) is 41.0 Å². The van der Waals surface area contributed by atoms with Crippen LogP contribution in [0, 0.1) is 6.92 Å². The van der Waals surface area contributed by atoms with Crippen LogP contribution < -0.4 is 0 Å². The van der Waals surface area contributed by atoms with Crippen LogP contribution >= 0.6 is 11.6 Å². The van der Waals surface area contributed by atoms with Gasteiger partial charge >= 0.3 is 6.18 Å². The summed E-state index contributed by atoms with van der Waals surface area (Å²) >= 11 is 5.94. The Balaban J connectivity index is 2.36. The Morgan fingerprint density at radius 1 is 1.20 bits per heavy atom. The van der Waals surface area contributed by atoms with Gasteiger partial charge in [0.15, 0.2) is 5.76 Å². The second-order valence-electron chi connectivity index (χ2n) is 4.42. The Bertz CT molecular complexity index is 706. The lowest BCUT2D eigenvalue weighted by atomic mass is 9.97. The Kier molecular flexibility index (Phi) is 2.86. The molecule has 7 heteroatoms. The van der Waals surface area contributed by atoms with Crippen molar-refractivity contribution in [3.05, 3.63) is 41.3 Å². The van der Waals surface area contributed by atoms with Crippen molar-refractivity contribution >= 4 is 16.8 Å². The summed E-state index contributed by atoms with van der Waals surface area (Å²) in [5.74, 6) is -0.321. The third kappa shape index (κ3) is 1.91. The maximum Gasteiger partial charge on any atom is 0.418 e. The number of benzene rings is 1. The molecular weight excluding hydrogens is 293 g/mol. The normalized spacial score (nSPS) is 18.1. The van der Waals surface area contributed by atoms with Crippen molar-refractivity contribution in [1.82, 2.24) is 5.16 Å². The zero-order chi connectivity index (χ0) is 14.5. The fourth-order valence-electron chi connectivity index (χ4n) is 2.25. The molecule has 20 heavy (non-hydrogen) atoms. The van der Waals surface area contributed by atoms with Gasteiger partial charge in [0.1, 0.15) is 5.17 Å². The standard InChI is InChI=1S/C13H8ClF3N2O/c1-6-9-7-4-2-3-5-8(7)12(14)18-11(13(15,16)17)10(9)20-19-6/h2-5,11H,1H3. The van der Waals surface area contributed by atoms with Gasteiger partial charge in [-0.25, -0.2) is 0 Å². The summed E-state index contributed by atoms with van der Waals surface area (Å²) in [6, 6.07) is 4.56. The average molecular weight is 301 g/mol. The summed E-state index contributed by atoms with van der Waals surface area (Å²) in [5, 5.41) is 3.45. The number of halogens is 4. The molecule has 0 aliphatic carbocycles. The monoisotopic (exact) mass is 300 g/mol. The topological polar surface area (TPSA) is 38.4 Å². The fraction of sp³-hybridized carbons (Fsp3) is 0.231. The molecule has 0 spiro atoms. The van der Waals surface area contributed by atoms with E-state index in [4.69, 9.17) is 16.1 Å². The van der Waals surface area contributed by atoms with Crippen LogP contribution in [0.5, 0.6) is 0 Å². The number of nitrogens with zero attached hydrogens (tertiary/aromatic N) is 2. The first kappa shape index (κ1) is 13.2. The van der Waals surface area contributed by atoms with Gasteiger partial charge in [0.25, 0.3) is 0 Å². The van der Waals surface area contributed by atoms with E-state index in [9.17, 15) is 13.2 Å². The van der Waals surface area contributed by atoms with E-state index < -0.39 is 12.2 Å². The van der Waals surface area contributed by atoms with Gasteiger partial charge in [-0.3, -0.25) is 4.99 Å². The molecule has 104 valence electrons. The first-order valence-corrected chi connectivity index (χ1v) is 6.13. The zero-order valence-electron chi connectivity index (χ0n) is 10.2. The van der Waals surface area contributed by atoms with E-state index in [2.05, 4.69) is 10.1 Å². The highest BCUT2D eigenvalue weighted by Gasteiger charge is 2.47. The SMILES string of the molecule is Cc1noc2c1-c1ccccc1C(Cl)=NC2C(F)(F)F. The van der Waals surface area contributed by atoms with Gasteiger partial charge in [-0.15, -0.1) is 0 Å². The second kappa shape index (κ2) is 4.34. The molecule has 1 atom stereocenters. The molecule has 0 radical (unpaired) electrons. The molecule has 0 bridgehead atoms. The predicted octanol–water partition coefficient (Wildman–Crippen LogP) is 4.25. The van der Waals surface area contributed by atoms with Crippen molar-refractivity contribution in [3.8, 4) is 11.1 Å². The largest absolute Gasteiger partial charge is 0.418 e. The van der Waals surface area contributed by atoms with E-state index in [1.807, 2.05) is 0 Å². The van der Waals surface area contributed by atoms with E-state index in [1.54, 1.807) is 31.2 Å². The van der Waals surface area contributed by atoms with Crippen molar-refractivity contribution in [2.75, 3.05) is 0 Å². The van der Waals surface area contributed by atoms with Crippen LogP contribution in [0.1, 0.15) is 23.1 Å². The van der Waals surface area contributed by atoms with Gasteiger partial charge in [0.2, 0.25) is 6.04 Å². The molecule has 1 aliphatic heterocycles. The van der Waals surface area contributed by atoms with Crippen molar-refractivity contribution in [3.63, 3.8) is 0 Å². The number of hydrogen-bond acceptors (Lipinski definition) is 3. The van der Waals surface area contributed by atoms with E-state index in [0.717, 1.165) is 0 Å². The van der Waals surface area contributed by atoms with Gasteiger partial charge in [-0.2, -0.15) is 13.2 Å². The number of aliphatic imine (C=N–C) groups is 1. The van der Waals surface area contributed by atoms with Crippen molar-refractivity contribution in [1.29, 1.82) is 0 Å². The van der Waals surface area contributed by atoms with Crippen LogP contribution in [0.25, 0.3) is 11.1 Å². The Hall–Kier alpha value is -1.82. The molecule has 3 nitrogen and oxygen atoms in total. The molecule has 2 heterocycles. The number of hydrogen-bond donors (Lipinski definition) is 0. The first-order valence-electron chi connectivity index (χ1n) is 5.75. The molecule has 1 unspecified atom stereocenters. The summed E-state index contributed by atoms with van der Waals surface area (Å²) < 4.78 is 44.3. The van der Waals surface area contributed by atoms with E-state index in [0.29, 0.717) is 22.4 Å². The van der Waals surface area contributed by atoms with Crippen molar-refractivity contribution in [2.45, 2.75) is 19.1 Å². The first-order chi connectivity index (χ1) is 9.39. The summed E-state index contributed by atoms with van der Waals surface area (Å²) in [4.78, 5) is 3.57. The van der Waals surface area contributed by atoms with Crippen molar-refractivity contribution in [2.24, 2.45) is 4.99 Å². The second-order valence-corrected chi connectivity index (χ2v) is 4.77. The lowest BCUT2D eigenvalue weighted by Gasteiger charge is -2.13. The van der Waals surface area contributed by atoms with Gasteiger partial charge < -0.3 is 4.52 Å². The van der Waals surface area contributed by atoms with E-state index >= 15 is 0 Å². The molecule has 1 aromatic carbocycles. The Morgan fingerprint density at radius 2 is 1.85 bits per heavy atom.